The fourth-order valence-electron chi connectivity index (χ4n) is 3.95. The van der Waals surface area contributed by atoms with E-state index in [2.05, 4.69) is 44.7 Å². The molecule has 2 heterocycles. The Kier molecular flexibility index (Phi) is 13.0. The van der Waals surface area contributed by atoms with Crippen molar-refractivity contribution in [1.29, 1.82) is 0 Å². The van der Waals surface area contributed by atoms with Crippen molar-refractivity contribution in [3.8, 4) is 0 Å². The van der Waals surface area contributed by atoms with E-state index in [1.165, 1.54) is 37.1 Å². The fourth-order valence-corrected chi connectivity index (χ4v) is 3.95. The maximum atomic E-state index is 12.0. The molecule has 2 aliphatic heterocycles. The minimum atomic E-state index is 0. The van der Waals surface area contributed by atoms with Crippen LogP contribution in [0.2, 0.25) is 0 Å². The highest BCUT2D eigenvalue weighted by Crippen LogP contribution is 2.13. The molecular formula is C24H41IN6O2. The Morgan fingerprint density at radius 1 is 1.00 bits per heavy atom. The Morgan fingerprint density at radius 3 is 2.33 bits per heavy atom. The van der Waals surface area contributed by atoms with Crippen molar-refractivity contribution < 1.29 is 9.53 Å². The number of amides is 1. The fraction of sp³-hybridized carbons (Fsp3) is 0.667. The lowest BCUT2D eigenvalue weighted by Crippen LogP contribution is -2.44. The first-order valence-corrected chi connectivity index (χ1v) is 11.9. The van der Waals surface area contributed by atoms with Crippen LogP contribution in [-0.4, -0.2) is 99.7 Å². The topological polar surface area (TPSA) is 72.4 Å². The van der Waals surface area contributed by atoms with Crippen molar-refractivity contribution >= 4 is 35.8 Å². The molecule has 3 rings (SSSR count). The van der Waals surface area contributed by atoms with E-state index in [1.54, 1.807) is 19.0 Å². The number of benzene rings is 1. The van der Waals surface area contributed by atoms with Crippen LogP contribution in [0.25, 0.3) is 0 Å². The van der Waals surface area contributed by atoms with Crippen LogP contribution in [0, 0.1) is 0 Å². The molecule has 1 aromatic rings. The first kappa shape index (κ1) is 27.8. The van der Waals surface area contributed by atoms with Crippen LogP contribution in [0.5, 0.6) is 0 Å². The predicted molar refractivity (Wildman–Crippen MR) is 144 cm³/mol. The lowest BCUT2D eigenvalue weighted by atomic mass is 10.1. The summed E-state index contributed by atoms with van der Waals surface area (Å²) in [5.74, 6) is 0.711. The Balaban J connectivity index is 0.00000385. The summed E-state index contributed by atoms with van der Waals surface area (Å²) >= 11 is 0. The largest absolute Gasteiger partial charge is 0.379 e. The predicted octanol–water partition coefficient (Wildman–Crippen LogP) is 1.75. The van der Waals surface area contributed by atoms with E-state index < -0.39 is 0 Å². The summed E-state index contributed by atoms with van der Waals surface area (Å²) in [4.78, 5) is 23.2. The van der Waals surface area contributed by atoms with Gasteiger partial charge >= 0.3 is 0 Å². The second-order valence-corrected chi connectivity index (χ2v) is 8.84. The van der Waals surface area contributed by atoms with E-state index in [4.69, 9.17) is 9.73 Å². The number of likely N-dealkylation sites (tertiary alicyclic amines) is 1. The van der Waals surface area contributed by atoms with Crippen LogP contribution < -0.4 is 10.6 Å². The average Bonchev–Trinajstić information content (AvgIpc) is 3.32. The number of carbonyl (C=O) groups is 1. The molecule has 0 radical (unpaired) electrons. The number of hydrogen-bond donors (Lipinski definition) is 2. The monoisotopic (exact) mass is 572 g/mol. The Bertz CT molecular complexity index is 716. The molecule has 1 amide bonds. The Labute approximate surface area is 216 Å². The number of likely N-dealkylation sites (N-methyl/N-ethyl adjacent to an activating group) is 1. The quantitative estimate of drug-likeness (QED) is 0.193. The molecule has 0 bridgehead atoms. The molecule has 1 aromatic carbocycles. The first-order valence-electron chi connectivity index (χ1n) is 11.9. The number of halogens is 1. The molecule has 2 fully saturated rings. The van der Waals surface area contributed by atoms with Crippen LogP contribution in [0.4, 0.5) is 0 Å². The maximum Gasteiger partial charge on any atom is 0.241 e. The van der Waals surface area contributed by atoms with Crippen molar-refractivity contribution in [3.63, 3.8) is 0 Å². The zero-order valence-corrected chi connectivity index (χ0v) is 22.6. The van der Waals surface area contributed by atoms with Crippen molar-refractivity contribution in [2.24, 2.45) is 4.99 Å². The van der Waals surface area contributed by atoms with Gasteiger partial charge in [-0.25, -0.2) is 4.99 Å². The number of guanidine groups is 1. The van der Waals surface area contributed by atoms with Gasteiger partial charge in [0.25, 0.3) is 0 Å². The summed E-state index contributed by atoms with van der Waals surface area (Å²) in [6, 6.07) is 8.75. The highest BCUT2D eigenvalue weighted by Gasteiger charge is 2.12. The van der Waals surface area contributed by atoms with Gasteiger partial charge in [-0.05, 0) is 50.0 Å². The molecule has 0 saturated carbocycles. The zero-order valence-electron chi connectivity index (χ0n) is 20.2. The Hall–Kier alpha value is -1.43. The van der Waals surface area contributed by atoms with Crippen LogP contribution in [0.3, 0.4) is 0 Å². The van der Waals surface area contributed by atoms with Crippen molar-refractivity contribution in [1.82, 2.24) is 25.3 Å². The minimum Gasteiger partial charge on any atom is -0.379 e. The number of nitrogens with one attached hydrogen (secondary N) is 2. The first-order chi connectivity index (χ1) is 15.6. The van der Waals surface area contributed by atoms with Gasteiger partial charge in [-0.3, -0.25) is 14.6 Å². The van der Waals surface area contributed by atoms with Gasteiger partial charge in [-0.2, -0.15) is 0 Å². The number of nitrogens with zero attached hydrogens (tertiary/aromatic N) is 4. The van der Waals surface area contributed by atoms with E-state index in [0.717, 1.165) is 52.4 Å². The van der Waals surface area contributed by atoms with Crippen LogP contribution >= 0.6 is 24.0 Å². The van der Waals surface area contributed by atoms with E-state index >= 15 is 0 Å². The van der Waals surface area contributed by atoms with E-state index in [1.807, 2.05) is 0 Å². The molecular weight excluding hydrogens is 531 g/mol. The summed E-state index contributed by atoms with van der Waals surface area (Å²) in [6.45, 7) is 9.79. The molecule has 9 heteroatoms. The number of morpholine rings is 1. The van der Waals surface area contributed by atoms with Crippen molar-refractivity contribution in [2.45, 2.75) is 32.4 Å². The number of rotatable bonds is 10. The highest BCUT2D eigenvalue weighted by molar-refractivity contribution is 14.0. The number of hydrogen-bond acceptors (Lipinski definition) is 5. The zero-order chi connectivity index (χ0) is 22.6. The molecule has 2 N–H and O–H groups in total. The van der Waals surface area contributed by atoms with E-state index in [9.17, 15) is 4.79 Å². The average molecular weight is 573 g/mol. The molecule has 2 saturated heterocycles. The standard InChI is InChI=1S/C24H40N6O2.HI/c1-28(2)23(31)19-27-24(25-10-5-13-29-14-16-32-17-15-29)26-18-21-6-8-22(9-7-21)20-30-11-3-4-12-30;/h6-9H,3-5,10-20H2,1-2H3,(H2,25,26,27);1H. The lowest BCUT2D eigenvalue weighted by Gasteiger charge is -2.26. The third-order valence-corrected chi connectivity index (χ3v) is 6.00. The number of aliphatic imine (C=N–C) groups is 1. The van der Waals surface area contributed by atoms with Gasteiger partial charge in [0.1, 0.15) is 0 Å². The molecule has 0 aliphatic carbocycles. The molecule has 186 valence electrons. The minimum absolute atomic E-state index is 0. The number of carbonyl (C=O) groups excluding carboxylic acids is 1. The van der Waals surface area contributed by atoms with Gasteiger partial charge in [0.2, 0.25) is 5.91 Å². The normalized spacial score (nSPS) is 17.5. The third kappa shape index (κ3) is 10.6. The maximum absolute atomic E-state index is 12.0. The summed E-state index contributed by atoms with van der Waals surface area (Å²) < 4.78 is 5.41. The SMILES string of the molecule is CN(C)C(=O)CNC(=NCc1ccc(CN2CCCC2)cc1)NCCCN1CCOCC1.I. The molecule has 0 aromatic heterocycles. The molecule has 0 atom stereocenters. The van der Waals surface area contributed by atoms with Gasteiger partial charge in [0, 0.05) is 40.3 Å². The van der Waals surface area contributed by atoms with Gasteiger partial charge in [-0.15, -0.1) is 24.0 Å². The van der Waals surface area contributed by atoms with E-state index in [0.29, 0.717) is 12.5 Å². The summed E-state index contributed by atoms with van der Waals surface area (Å²) in [7, 11) is 3.53. The highest BCUT2D eigenvalue weighted by atomic mass is 127. The second-order valence-electron chi connectivity index (χ2n) is 8.84. The van der Waals surface area contributed by atoms with Crippen LogP contribution in [-0.2, 0) is 22.6 Å². The molecule has 0 unspecified atom stereocenters. The third-order valence-electron chi connectivity index (χ3n) is 6.00. The lowest BCUT2D eigenvalue weighted by molar-refractivity contribution is -0.127. The molecule has 2 aliphatic rings. The van der Waals surface area contributed by atoms with Gasteiger partial charge in [-0.1, -0.05) is 24.3 Å². The summed E-state index contributed by atoms with van der Waals surface area (Å²) in [6.07, 6.45) is 3.66. The van der Waals surface area contributed by atoms with Gasteiger partial charge < -0.3 is 20.3 Å². The summed E-state index contributed by atoms with van der Waals surface area (Å²) in [5.41, 5.74) is 2.53. The van der Waals surface area contributed by atoms with E-state index in [-0.39, 0.29) is 36.4 Å². The second kappa shape index (κ2) is 15.5. The summed E-state index contributed by atoms with van der Waals surface area (Å²) in [5, 5.41) is 6.56. The van der Waals surface area contributed by atoms with Crippen molar-refractivity contribution in [2.75, 3.05) is 73.1 Å². The molecule has 33 heavy (non-hydrogen) atoms. The smallest absolute Gasteiger partial charge is 0.241 e. The van der Waals surface area contributed by atoms with Gasteiger partial charge in [0.15, 0.2) is 5.96 Å². The van der Waals surface area contributed by atoms with Crippen LogP contribution in [0.15, 0.2) is 29.3 Å². The van der Waals surface area contributed by atoms with Crippen molar-refractivity contribution in [3.05, 3.63) is 35.4 Å². The van der Waals surface area contributed by atoms with Gasteiger partial charge in [0.05, 0.1) is 26.3 Å². The van der Waals surface area contributed by atoms with Crippen LogP contribution in [0.1, 0.15) is 30.4 Å². The molecule has 8 nitrogen and oxygen atoms in total. The number of ether oxygens (including phenoxy) is 1. The Morgan fingerprint density at radius 2 is 1.67 bits per heavy atom. The molecule has 0 spiro atoms.